The molecule has 3 aromatic rings. The van der Waals surface area contributed by atoms with Crippen molar-refractivity contribution in [2.45, 2.75) is 12.7 Å². The highest BCUT2D eigenvalue weighted by Gasteiger charge is 2.33. The summed E-state index contributed by atoms with van der Waals surface area (Å²) in [7, 11) is 0. The summed E-state index contributed by atoms with van der Waals surface area (Å²) in [5, 5.41) is 14.5. The van der Waals surface area contributed by atoms with Crippen LogP contribution in [0.4, 0.5) is 15.8 Å². The average Bonchev–Trinajstić information content (AvgIpc) is 2.71. The number of para-hydroxylation sites is 1. The second kappa shape index (κ2) is 7.11. The Morgan fingerprint density at radius 1 is 1.04 bits per heavy atom. The monoisotopic (exact) mass is 377 g/mol. The van der Waals surface area contributed by atoms with Gasteiger partial charge in [0.2, 0.25) is 0 Å². The lowest BCUT2D eigenvalue weighted by atomic mass is 10.0. The minimum absolute atomic E-state index is 0.0488. The molecule has 0 aromatic heterocycles. The van der Waals surface area contributed by atoms with Gasteiger partial charge in [-0.15, -0.1) is 0 Å². The summed E-state index contributed by atoms with van der Waals surface area (Å²) in [6, 6.07) is 19.2. The number of amides is 1. The molecule has 140 valence electrons. The third-order valence-electron chi connectivity index (χ3n) is 4.69. The number of hydrogen-bond acceptors (Lipinski definition) is 4. The van der Waals surface area contributed by atoms with E-state index in [1.54, 1.807) is 47.4 Å². The molecule has 3 aromatic carbocycles. The number of carbonyl (C=O) groups excluding carboxylic acids is 1. The molecule has 0 aliphatic carbocycles. The van der Waals surface area contributed by atoms with E-state index in [2.05, 4.69) is 5.32 Å². The van der Waals surface area contributed by atoms with Crippen molar-refractivity contribution in [3.63, 3.8) is 0 Å². The Hall–Kier alpha value is -3.74. The fourth-order valence-electron chi connectivity index (χ4n) is 3.31. The highest BCUT2D eigenvalue weighted by atomic mass is 19.1. The highest BCUT2D eigenvalue weighted by molar-refractivity contribution is 6.01. The fourth-order valence-corrected chi connectivity index (χ4v) is 3.31. The molecule has 0 saturated carbocycles. The smallest absolute Gasteiger partial charge is 0.269 e. The van der Waals surface area contributed by atoms with E-state index in [9.17, 15) is 19.3 Å². The predicted molar refractivity (Wildman–Crippen MR) is 102 cm³/mol. The number of non-ortho nitro benzene ring substituents is 1. The van der Waals surface area contributed by atoms with Gasteiger partial charge in [0, 0.05) is 29.9 Å². The van der Waals surface area contributed by atoms with Crippen LogP contribution in [0, 0.1) is 15.9 Å². The molecule has 0 saturated heterocycles. The fraction of sp³-hybridized carbons (Fsp3) is 0.0952. The van der Waals surface area contributed by atoms with Crippen LogP contribution in [0.15, 0.2) is 72.8 Å². The van der Waals surface area contributed by atoms with Gasteiger partial charge < -0.3 is 10.2 Å². The van der Waals surface area contributed by atoms with Crippen LogP contribution in [-0.2, 0) is 6.54 Å². The number of rotatable bonds is 4. The van der Waals surface area contributed by atoms with Crippen LogP contribution in [0.5, 0.6) is 0 Å². The van der Waals surface area contributed by atoms with Crippen LogP contribution in [0.3, 0.4) is 0 Å². The summed E-state index contributed by atoms with van der Waals surface area (Å²) >= 11 is 0. The predicted octanol–water partition coefficient (Wildman–Crippen LogP) is 4.50. The Balaban J connectivity index is 1.76. The summed E-state index contributed by atoms with van der Waals surface area (Å²) < 4.78 is 13.2. The van der Waals surface area contributed by atoms with Crippen LogP contribution in [0.25, 0.3) is 0 Å². The molecule has 1 unspecified atom stereocenters. The van der Waals surface area contributed by atoms with Crippen molar-refractivity contribution in [3.05, 3.63) is 105 Å². The van der Waals surface area contributed by atoms with Gasteiger partial charge in [0.05, 0.1) is 10.5 Å². The minimum Gasteiger partial charge on any atom is -0.361 e. The van der Waals surface area contributed by atoms with E-state index in [4.69, 9.17) is 0 Å². The quantitative estimate of drug-likeness (QED) is 0.536. The number of anilines is 1. The second-order valence-electron chi connectivity index (χ2n) is 6.50. The van der Waals surface area contributed by atoms with Crippen molar-refractivity contribution in [2.24, 2.45) is 0 Å². The van der Waals surface area contributed by atoms with Gasteiger partial charge in [0.15, 0.2) is 0 Å². The Morgan fingerprint density at radius 2 is 1.79 bits per heavy atom. The molecule has 1 atom stereocenters. The Kier molecular flexibility index (Phi) is 4.49. The van der Waals surface area contributed by atoms with Gasteiger partial charge in [-0.3, -0.25) is 14.9 Å². The van der Waals surface area contributed by atoms with Crippen molar-refractivity contribution in [1.82, 2.24) is 4.90 Å². The largest absolute Gasteiger partial charge is 0.361 e. The summed E-state index contributed by atoms with van der Waals surface area (Å²) in [5.41, 5.74) is 2.49. The maximum Gasteiger partial charge on any atom is 0.269 e. The SMILES string of the molecule is O=C1c2ccccc2NC(c2cccc([N+](=O)[O-])c2)N1Cc1ccc(F)cc1. The molecule has 1 aliphatic rings. The van der Waals surface area contributed by atoms with E-state index in [1.807, 2.05) is 6.07 Å². The molecule has 0 spiro atoms. The molecule has 4 rings (SSSR count). The first-order valence-corrected chi connectivity index (χ1v) is 8.68. The van der Waals surface area contributed by atoms with Crippen LogP contribution < -0.4 is 5.32 Å². The first-order chi connectivity index (χ1) is 13.5. The van der Waals surface area contributed by atoms with Gasteiger partial charge in [-0.05, 0) is 29.8 Å². The van der Waals surface area contributed by atoms with Crippen LogP contribution in [0.2, 0.25) is 0 Å². The standard InChI is InChI=1S/C21H16FN3O3/c22-16-10-8-14(9-11-16)13-24-20(15-4-3-5-17(12-15)25(27)28)23-19-7-2-1-6-18(19)21(24)26/h1-12,20,23H,13H2. The molecular weight excluding hydrogens is 361 g/mol. The molecule has 7 heteroatoms. The lowest BCUT2D eigenvalue weighted by Gasteiger charge is -2.38. The van der Waals surface area contributed by atoms with Crippen molar-refractivity contribution in [1.29, 1.82) is 0 Å². The van der Waals surface area contributed by atoms with Gasteiger partial charge >= 0.3 is 0 Å². The van der Waals surface area contributed by atoms with Gasteiger partial charge in [-0.25, -0.2) is 4.39 Å². The molecule has 0 bridgehead atoms. The molecule has 1 N–H and O–H groups in total. The zero-order valence-electron chi connectivity index (χ0n) is 14.7. The maximum atomic E-state index is 13.2. The number of benzene rings is 3. The van der Waals surface area contributed by atoms with Crippen molar-refractivity contribution < 1.29 is 14.1 Å². The van der Waals surface area contributed by atoms with E-state index in [0.29, 0.717) is 16.8 Å². The molecule has 1 aliphatic heterocycles. The number of nitro groups is 1. The van der Waals surface area contributed by atoms with E-state index in [0.717, 1.165) is 5.56 Å². The second-order valence-corrected chi connectivity index (χ2v) is 6.50. The van der Waals surface area contributed by atoms with Crippen LogP contribution >= 0.6 is 0 Å². The van der Waals surface area contributed by atoms with E-state index >= 15 is 0 Å². The van der Waals surface area contributed by atoms with Crippen molar-refractivity contribution in [2.75, 3.05) is 5.32 Å². The van der Waals surface area contributed by atoms with Gasteiger partial charge in [-0.1, -0.05) is 36.4 Å². The Morgan fingerprint density at radius 3 is 2.54 bits per heavy atom. The van der Waals surface area contributed by atoms with E-state index in [-0.39, 0.29) is 24.0 Å². The average molecular weight is 377 g/mol. The first-order valence-electron chi connectivity index (χ1n) is 8.68. The zero-order valence-corrected chi connectivity index (χ0v) is 14.7. The highest BCUT2D eigenvalue weighted by Crippen LogP contribution is 2.35. The van der Waals surface area contributed by atoms with E-state index < -0.39 is 11.1 Å². The summed E-state index contributed by atoms with van der Waals surface area (Å²) in [5.74, 6) is -0.553. The maximum absolute atomic E-state index is 13.2. The van der Waals surface area contributed by atoms with Crippen LogP contribution in [0.1, 0.15) is 27.7 Å². The molecule has 1 heterocycles. The minimum atomic E-state index is -0.590. The molecule has 1 amide bonds. The number of nitro benzene ring substituents is 1. The summed E-state index contributed by atoms with van der Waals surface area (Å²) in [4.78, 5) is 25.5. The molecule has 0 fully saturated rings. The summed E-state index contributed by atoms with van der Waals surface area (Å²) in [6.07, 6.45) is -0.590. The zero-order chi connectivity index (χ0) is 19.7. The van der Waals surface area contributed by atoms with Gasteiger partial charge in [0.25, 0.3) is 11.6 Å². The number of nitrogens with one attached hydrogen (secondary N) is 1. The molecular formula is C21H16FN3O3. The number of halogens is 1. The normalized spacial score (nSPS) is 15.7. The lowest BCUT2D eigenvalue weighted by molar-refractivity contribution is -0.384. The third kappa shape index (κ3) is 3.29. The number of nitrogens with zero attached hydrogens (tertiary/aromatic N) is 2. The Labute approximate surface area is 160 Å². The van der Waals surface area contributed by atoms with Gasteiger partial charge in [-0.2, -0.15) is 0 Å². The van der Waals surface area contributed by atoms with Crippen molar-refractivity contribution >= 4 is 17.3 Å². The van der Waals surface area contributed by atoms with Crippen LogP contribution in [-0.4, -0.2) is 15.7 Å². The lowest BCUT2D eigenvalue weighted by Crippen LogP contribution is -2.42. The Bertz CT molecular complexity index is 1050. The molecule has 6 nitrogen and oxygen atoms in total. The first kappa shape index (κ1) is 17.7. The molecule has 28 heavy (non-hydrogen) atoms. The molecule has 0 radical (unpaired) electrons. The number of hydrogen-bond donors (Lipinski definition) is 1. The topological polar surface area (TPSA) is 75.5 Å². The van der Waals surface area contributed by atoms with Gasteiger partial charge in [0.1, 0.15) is 12.0 Å². The third-order valence-corrected chi connectivity index (χ3v) is 4.69. The van der Waals surface area contributed by atoms with Crippen molar-refractivity contribution in [3.8, 4) is 0 Å². The number of fused-ring (bicyclic) bond motifs is 1. The number of carbonyl (C=O) groups is 1. The summed E-state index contributed by atoms with van der Waals surface area (Å²) in [6.45, 7) is 0.230. The van der Waals surface area contributed by atoms with E-state index in [1.165, 1.54) is 24.3 Å².